The number of halogens is 1. The second kappa shape index (κ2) is 8.64. The monoisotopic (exact) mass is 341 g/mol. The molecule has 0 saturated heterocycles. The number of ether oxygens (including phenoxy) is 1. The van der Waals surface area contributed by atoms with Crippen LogP contribution < -0.4 is 10.1 Å². The van der Waals surface area contributed by atoms with Crippen LogP contribution in [0.15, 0.2) is 78.3 Å². The number of rotatable bonds is 5. The normalized spacial score (nSPS) is 11.8. The van der Waals surface area contributed by atoms with Gasteiger partial charge in [-0.25, -0.2) is 0 Å². The number of aromatic nitrogens is 1. The minimum absolute atomic E-state index is 0.320. The minimum atomic E-state index is -0.320. The van der Waals surface area contributed by atoms with E-state index < -0.39 is 0 Å². The van der Waals surface area contributed by atoms with Gasteiger partial charge in [-0.1, -0.05) is 24.2 Å². The SMILES string of the molecule is C=C/C(=C\C(=N/C)NC(=O)c1cccc(Cl)c1)Oc1cccnc1. The average molecular weight is 342 g/mol. The highest BCUT2D eigenvalue weighted by Gasteiger charge is 2.08. The van der Waals surface area contributed by atoms with Crippen LogP contribution in [0.3, 0.4) is 0 Å². The number of hydrogen-bond acceptors (Lipinski definition) is 4. The van der Waals surface area contributed by atoms with E-state index in [-0.39, 0.29) is 5.91 Å². The molecule has 1 N–H and O–H groups in total. The van der Waals surface area contributed by atoms with Gasteiger partial charge >= 0.3 is 0 Å². The summed E-state index contributed by atoms with van der Waals surface area (Å²) in [4.78, 5) is 20.2. The highest BCUT2D eigenvalue weighted by atomic mass is 35.5. The molecule has 0 fully saturated rings. The van der Waals surface area contributed by atoms with Gasteiger partial charge in [-0.2, -0.15) is 0 Å². The Morgan fingerprint density at radius 2 is 2.21 bits per heavy atom. The number of hydrogen-bond donors (Lipinski definition) is 1. The zero-order valence-electron chi connectivity index (χ0n) is 13.1. The topological polar surface area (TPSA) is 63.6 Å². The van der Waals surface area contributed by atoms with Gasteiger partial charge in [0.2, 0.25) is 0 Å². The first kappa shape index (κ1) is 17.4. The van der Waals surface area contributed by atoms with Crippen LogP contribution in [-0.4, -0.2) is 23.8 Å². The molecule has 0 aliphatic heterocycles. The molecule has 2 rings (SSSR count). The molecule has 0 aliphatic rings. The van der Waals surface area contributed by atoms with Crippen LogP contribution in [0.5, 0.6) is 5.75 Å². The summed E-state index contributed by atoms with van der Waals surface area (Å²) in [7, 11) is 1.56. The first-order valence-corrected chi connectivity index (χ1v) is 7.46. The van der Waals surface area contributed by atoms with Gasteiger partial charge in [-0.3, -0.25) is 14.8 Å². The Morgan fingerprint density at radius 3 is 2.83 bits per heavy atom. The Kier molecular flexibility index (Phi) is 6.28. The fraction of sp³-hybridized carbons (Fsp3) is 0.0556. The Balaban J connectivity index is 2.12. The number of nitrogens with zero attached hydrogens (tertiary/aromatic N) is 2. The summed E-state index contributed by atoms with van der Waals surface area (Å²) in [6.07, 6.45) is 6.31. The number of benzene rings is 1. The molecule has 0 radical (unpaired) electrons. The zero-order chi connectivity index (χ0) is 17.4. The van der Waals surface area contributed by atoms with Crippen molar-refractivity contribution in [1.29, 1.82) is 0 Å². The van der Waals surface area contributed by atoms with Crippen molar-refractivity contribution < 1.29 is 9.53 Å². The summed E-state index contributed by atoms with van der Waals surface area (Å²) in [6, 6.07) is 10.2. The van der Waals surface area contributed by atoms with E-state index in [1.165, 1.54) is 6.08 Å². The lowest BCUT2D eigenvalue weighted by Crippen LogP contribution is -2.29. The number of amidine groups is 1. The number of carbonyl (C=O) groups is 1. The molecule has 1 amide bonds. The number of allylic oxidation sites excluding steroid dienone is 1. The zero-order valence-corrected chi connectivity index (χ0v) is 13.8. The Hall–Kier alpha value is -2.92. The molecule has 0 atom stereocenters. The summed E-state index contributed by atoms with van der Waals surface area (Å²) in [5.74, 6) is 0.994. The van der Waals surface area contributed by atoms with Crippen LogP contribution >= 0.6 is 11.6 Å². The highest BCUT2D eigenvalue weighted by molar-refractivity contribution is 6.31. The maximum atomic E-state index is 12.2. The molecule has 0 bridgehead atoms. The third-order valence-corrected chi connectivity index (χ3v) is 3.15. The first-order chi connectivity index (χ1) is 11.6. The van der Waals surface area contributed by atoms with Gasteiger partial charge in [0, 0.05) is 29.9 Å². The molecule has 0 aliphatic carbocycles. The third kappa shape index (κ3) is 5.07. The number of aliphatic imine (C=N–C) groups is 1. The van der Waals surface area contributed by atoms with Crippen LogP contribution in [0.2, 0.25) is 5.02 Å². The second-order valence-corrected chi connectivity index (χ2v) is 5.05. The Bertz CT molecular complexity index is 786. The molecule has 6 heteroatoms. The van der Waals surface area contributed by atoms with E-state index in [9.17, 15) is 4.79 Å². The molecule has 122 valence electrons. The second-order valence-electron chi connectivity index (χ2n) is 4.61. The summed E-state index contributed by atoms with van der Waals surface area (Å²) < 4.78 is 5.63. The van der Waals surface area contributed by atoms with Crippen molar-refractivity contribution in [2.75, 3.05) is 7.05 Å². The maximum Gasteiger partial charge on any atom is 0.256 e. The van der Waals surface area contributed by atoms with Crippen LogP contribution in [0.25, 0.3) is 0 Å². The molecule has 0 saturated carbocycles. The van der Waals surface area contributed by atoms with Crippen LogP contribution in [0.4, 0.5) is 0 Å². The third-order valence-electron chi connectivity index (χ3n) is 2.92. The van der Waals surface area contributed by atoms with Crippen LogP contribution in [0.1, 0.15) is 10.4 Å². The molecule has 0 spiro atoms. The molecule has 1 heterocycles. The smallest absolute Gasteiger partial charge is 0.256 e. The van der Waals surface area contributed by atoms with Crippen molar-refractivity contribution in [1.82, 2.24) is 10.3 Å². The number of amides is 1. The van der Waals surface area contributed by atoms with Gasteiger partial charge in [0.15, 0.2) is 0 Å². The largest absolute Gasteiger partial charge is 0.456 e. The van der Waals surface area contributed by atoms with Crippen molar-refractivity contribution in [3.05, 3.63) is 83.9 Å². The van der Waals surface area contributed by atoms with E-state index in [0.29, 0.717) is 27.9 Å². The van der Waals surface area contributed by atoms with Crippen LogP contribution in [-0.2, 0) is 0 Å². The molecule has 1 aromatic heterocycles. The van der Waals surface area contributed by atoms with Gasteiger partial charge in [-0.15, -0.1) is 0 Å². The molecular formula is C18H16ClN3O2. The molecule has 1 aromatic carbocycles. The van der Waals surface area contributed by atoms with Gasteiger partial charge in [0.1, 0.15) is 17.3 Å². The Labute approximate surface area is 145 Å². The highest BCUT2D eigenvalue weighted by Crippen LogP contribution is 2.12. The summed E-state index contributed by atoms with van der Waals surface area (Å²) in [6.45, 7) is 3.69. The van der Waals surface area contributed by atoms with Crippen LogP contribution in [0, 0.1) is 0 Å². The van der Waals surface area contributed by atoms with Crippen molar-refractivity contribution in [3.63, 3.8) is 0 Å². The van der Waals surface area contributed by atoms with Crippen molar-refractivity contribution >= 4 is 23.3 Å². The predicted molar refractivity (Wildman–Crippen MR) is 95.4 cm³/mol. The predicted octanol–water partition coefficient (Wildman–Crippen LogP) is 3.64. The van der Waals surface area contributed by atoms with Gasteiger partial charge in [0.05, 0.1) is 6.20 Å². The van der Waals surface area contributed by atoms with E-state index in [0.717, 1.165) is 0 Å². The first-order valence-electron chi connectivity index (χ1n) is 7.08. The van der Waals surface area contributed by atoms with E-state index in [1.54, 1.807) is 61.9 Å². The fourth-order valence-corrected chi connectivity index (χ4v) is 1.97. The van der Waals surface area contributed by atoms with E-state index in [2.05, 4.69) is 21.9 Å². The fourth-order valence-electron chi connectivity index (χ4n) is 1.78. The van der Waals surface area contributed by atoms with Gasteiger partial charge in [0.25, 0.3) is 5.91 Å². The quantitative estimate of drug-likeness (QED) is 0.391. The lowest BCUT2D eigenvalue weighted by atomic mass is 10.2. The summed E-state index contributed by atoms with van der Waals surface area (Å²) in [5, 5.41) is 3.18. The lowest BCUT2D eigenvalue weighted by molar-refractivity contribution is 0.0977. The average Bonchev–Trinajstić information content (AvgIpc) is 2.61. The van der Waals surface area contributed by atoms with E-state index in [1.807, 2.05) is 0 Å². The number of pyridine rings is 1. The molecule has 24 heavy (non-hydrogen) atoms. The molecular weight excluding hydrogens is 326 g/mol. The summed E-state index contributed by atoms with van der Waals surface area (Å²) in [5.41, 5.74) is 0.436. The summed E-state index contributed by atoms with van der Waals surface area (Å²) >= 11 is 5.90. The van der Waals surface area contributed by atoms with Crippen molar-refractivity contribution in [2.24, 2.45) is 4.99 Å². The lowest BCUT2D eigenvalue weighted by Gasteiger charge is -2.08. The maximum absolute atomic E-state index is 12.2. The Morgan fingerprint density at radius 1 is 1.38 bits per heavy atom. The van der Waals surface area contributed by atoms with E-state index in [4.69, 9.17) is 16.3 Å². The molecule has 0 unspecified atom stereocenters. The van der Waals surface area contributed by atoms with Gasteiger partial charge < -0.3 is 10.1 Å². The minimum Gasteiger partial charge on any atom is -0.456 e. The number of nitrogens with one attached hydrogen (secondary N) is 1. The number of carbonyl (C=O) groups excluding carboxylic acids is 1. The van der Waals surface area contributed by atoms with Crippen molar-refractivity contribution in [2.45, 2.75) is 0 Å². The molecule has 5 nitrogen and oxygen atoms in total. The van der Waals surface area contributed by atoms with E-state index >= 15 is 0 Å². The van der Waals surface area contributed by atoms with Gasteiger partial charge in [-0.05, 0) is 36.4 Å². The van der Waals surface area contributed by atoms with Crippen molar-refractivity contribution in [3.8, 4) is 5.75 Å². The standard InChI is InChI=1S/C18H16ClN3O2/c1-3-15(24-16-8-5-9-21-12-16)11-17(20-2)22-18(23)13-6-4-7-14(19)10-13/h3-12H,1H2,2H3,(H,20,22,23)/b15-11+. The molecule has 2 aromatic rings.